The molecule has 0 spiro atoms. The molecule has 0 saturated carbocycles. The van der Waals surface area contributed by atoms with Gasteiger partial charge in [-0.2, -0.15) is 0 Å². The Balaban J connectivity index is 1.59. The summed E-state index contributed by atoms with van der Waals surface area (Å²) in [6, 6.07) is 11.3. The number of benzene rings is 2. The van der Waals surface area contributed by atoms with E-state index in [1.165, 1.54) is 23.5 Å². The summed E-state index contributed by atoms with van der Waals surface area (Å²) in [5.41, 5.74) is 4.02. The first-order valence-corrected chi connectivity index (χ1v) is 15.2. The first-order chi connectivity index (χ1) is 20.3. The van der Waals surface area contributed by atoms with Gasteiger partial charge in [0.2, 0.25) is 17.7 Å². The number of carbonyl (C=O) groups is 3. The average Bonchev–Trinajstić information content (AvgIpc) is 3.48. The lowest BCUT2D eigenvalue weighted by Gasteiger charge is -2.27. The van der Waals surface area contributed by atoms with E-state index in [0.29, 0.717) is 43.8 Å². The van der Waals surface area contributed by atoms with Crippen LogP contribution < -0.4 is 26.0 Å². The van der Waals surface area contributed by atoms with Crippen molar-refractivity contribution < 1.29 is 23.5 Å². The van der Waals surface area contributed by atoms with Crippen molar-refractivity contribution >= 4 is 29.1 Å². The smallest absolute Gasteiger partial charge is 0.243 e. The predicted molar refractivity (Wildman–Crippen MR) is 160 cm³/mol. The van der Waals surface area contributed by atoms with Crippen molar-refractivity contribution in [2.75, 3.05) is 19.7 Å². The second-order valence-electron chi connectivity index (χ2n) is 10.7. The lowest BCUT2D eigenvalue weighted by atomic mass is 10.00. The zero-order chi connectivity index (χ0) is 29.9. The molecule has 3 amide bonds. The van der Waals surface area contributed by atoms with Crippen LogP contribution in [0, 0.1) is 11.7 Å². The quantitative estimate of drug-likeness (QED) is 0.360. The van der Waals surface area contributed by atoms with Gasteiger partial charge in [-0.25, -0.2) is 9.37 Å². The molecule has 4 rings (SSSR count). The summed E-state index contributed by atoms with van der Waals surface area (Å²) in [7, 11) is 0. The zero-order valence-corrected chi connectivity index (χ0v) is 24.7. The topological polar surface area (TPSA) is 121 Å². The van der Waals surface area contributed by atoms with Crippen molar-refractivity contribution in [2.24, 2.45) is 5.92 Å². The fourth-order valence-electron chi connectivity index (χ4n) is 4.82. The Morgan fingerprint density at radius 1 is 0.976 bits per heavy atom. The van der Waals surface area contributed by atoms with Crippen molar-refractivity contribution in [1.82, 2.24) is 26.3 Å². The summed E-state index contributed by atoms with van der Waals surface area (Å²) in [5, 5.41) is 13.7. The van der Waals surface area contributed by atoms with E-state index in [2.05, 4.69) is 26.3 Å². The highest BCUT2D eigenvalue weighted by Gasteiger charge is 2.31. The van der Waals surface area contributed by atoms with Gasteiger partial charge >= 0.3 is 0 Å². The molecule has 0 saturated heterocycles. The first kappa shape index (κ1) is 31.1. The third-order valence-electron chi connectivity index (χ3n) is 7.07. The van der Waals surface area contributed by atoms with Crippen LogP contribution >= 0.6 is 11.3 Å². The van der Waals surface area contributed by atoms with E-state index in [1.807, 2.05) is 43.5 Å². The summed E-state index contributed by atoms with van der Waals surface area (Å²) in [6.45, 7) is 4.72. The molecule has 3 atom stereocenters. The predicted octanol–water partition coefficient (Wildman–Crippen LogP) is 2.79. The van der Waals surface area contributed by atoms with Gasteiger partial charge < -0.3 is 26.0 Å². The molecule has 1 aromatic heterocycles. The number of nitrogens with zero attached hydrogens (tertiary/aromatic N) is 1. The fourth-order valence-corrected chi connectivity index (χ4v) is 5.39. The number of carbonyl (C=O) groups excluding carboxylic acids is 3. The van der Waals surface area contributed by atoms with Crippen LogP contribution in [0.2, 0.25) is 0 Å². The highest BCUT2D eigenvalue weighted by molar-refractivity contribution is 7.07. The largest absolute Gasteiger partial charge is 0.492 e. The van der Waals surface area contributed by atoms with Crippen molar-refractivity contribution in [3.05, 3.63) is 82.1 Å². The fraction of sp³-hybridized carbons (Fsp3) is 0.419. The number of thiazole rings is 1. The summed E-state index contributed by atoms with van der Waals surface area (Å²) >= 11 is 1.41. The lowest BCUT2D eigenvalue weighted by Crippen LogP contribution is -2.58. The van der Waals surface area contributed by atoms with E-state index < -0.39 is 35.8 Å². The molecule has 0 aliphatic carbocycles. The van der Waals surface area contributed by atoms with Crippen LogP contribution in [-0.2, 0) is 33.6 Å². The Hall–Kier alpha value is -3.83. The molecule has 4 N–H and O–H groups in total. The monoisotopic (exact) mass is 595 g/mol. The van der Waals surface area contributed by atoms with E-state index in [4.69, 9.17) is 4.74 Å². The van der Waals surface area contributed by atoms with Gasteiger partial charge in [-0.05, 0) is 54.5 Å². The third-order valence-corrected chi connectivity index (χ3v) is 7.70. The van der Waals surface area contributed by atoms with Crippen molar-refractivity contribution in [3.8, 4) is 5.75 Å². The lowest BCUT2D eigenvalue weighted by molar-refractivity contribution is -0.133. The number of para-hydroxylation sites is 1. The molecule has 2 aromatic carbocycles. The number of nitrogens with one attached hydrogen (secondary N) is 4. The molecule has 9 nitrogen and oxygen atoms in total. The number of fused-ring (bicyclic) bond motifs is 1. The Bertz CT molecular complexity index is 1340. The molecule has 11 heteroatoms. The number of aryl methyl sites for hydroxylation is 1. The standard InChI is InChI=1S/C31H38FN5O4S/c1-20(2)28-31(40)36-26(17-24-18-42-19-35-24)29(38)34-12-6-9-22-8-3-4-11-27(22)41-14-13-33-25(30(39)37-28)16-21-7-5-10-23(32)15-21/h3-5,7-8,10-11,15,18-20,25-26,28,33H,6,9,12-14,16-17H2,1-2H3,(H,34,38)(H,36,40)(H,37,39)/t25-,26+,28-/m1/s1. The molecule has 1 aliphatic rings. The number of hydrogen-bond donors (Lipinski definition) is 4. The SMILES string of the molecule is CC(C)[C@H]1NC(=O)[C@@H](Cc2cccc(F)c2)NCCOc2ccccc2CCCNC(=O)[C@H](Cc2cscn2)NC1=O. The maximum Gasteiger partial charge on any atom is 0.243 e. The zero-order valence-electron chi connectivity index (χ0n) is 23.9. The van der Waals surface area contributed by atoms with Crippen LogP contribution in [-0.4, -0.2) is 60.5 Å². The molecule has 0 unspecified atom stereocenters. The van der Waals surface area contributed by atoms with Crippen molar-refractivity contribution in [3.63, 3.8) is 0 Å². The van der Waals surface area contributed by atoms with Crippen LogP contribution in [0.4, 0.5) is 4.39 Å². The molecule has 2 heterocycles. The van der Waals surface area contributed by atoms with Crippen molar-refractivity contribution in [1.29, 1.82) is 0 Å². The molecular weight excluding hydrogens is 557 g/mol. The number of hydrogen-bond acceptors (Lipinski definition) is 7. The molecule has 3 aromatic rings. The average molecular weight is 596 g/mol. The molecule has 0 bridgehead atoms. The number of ether oxygens (including phenoxy) is 1. The van der Waals surface area contributed by atoms with Gasteiger partial charge in [-0.15, -0.1) is 11.3 Å². The van der Waals surface area contributed by atoms with Crippen molar-refractivity contribution in [2.45, 2.75) is 57.7 Å². The molecule has 1 aliphatic heterocycles. The van der Waals surface area contributed by atoms with E-state index in [1.54, 1.807) is 17.6 Å². The van der Waals surface area contributed by atoms with E-state index in [0.717, 1.165) is 11.3 Å². The van der Waals surface area contributed by atoms with Gasteiger partial charge in [0, 0.05) is 24.9 Å². The number of amides is 3. The molecule has 224 valence electrons. The Morgan fingerprint density at radius 3 is 2.57 bits per heavy atom. The van der Waals surface area contributed by atoms with E-state index in [-0.39, 0.29) is 24.7 Å². The minimum atomic E-state index is -0.901. The van der Waals surface area contributed by atoms with Crippen LogP contribution in [0.1, 0.15) is 37.1 Å². The van der Waals surface area contributed by atoms with E-state index >= 15 is 0 Å². The van der Waals surface area contributed by atoms with Gasteiger partial charge in [0.15, 0.2) is 0 Å². The van der Waals surface area contributed by atoms with Gasteiger partial charge in [0.1, 0.15) is 30.3 Å². The molecule has 0 radical (unpaired) electrons. The van der Waals surface area contributed by atoms with Gasteiger partial charge in [0.25, 0.3) is 0 Å². The summed E-state index contributed by atoms with van der Waals surface area (Å²) < 4.78 is 20.0. The van der Waals surface area contributed by atoms with Gasteiger partial charge in [-0.3, -0.25) is 14.4 Å². The number of rotatable bonds is 5. The Kier molecular flexibility index (Phi) is 11.4. The maximum atomic E-state index is 13.9. The van der Waals surface area contributed by atoms with Crippen LogP contribution in [0.15, 0.2) is 59.4 Å². The van der Waals surface area contributed by atoms with Crippen LogP contribution in [0.5, 0.6) is 5.75 Å². The number of aromatic nitrogens is 1. The maximum absolute atomic E-state index is 13.9. The Morgan fingerprint density at radius 2 is 1.81 bits per heavy atom. The molecule has 42 heavy (non-hydrogen) atoms. The number of halogens is 1. The second kappa shape index (κ2) is 15.4. The summed E-state index contributed by atoms with van der Waals surface area (Å²) in [4.78, 5) is 44.6. The van der Waals surface area contributed by atoms with Gasteiger partial charge in [-0.1, -0.05) is 44.2 Å². The Labute approximate surface area is 249 Å². The molecule has 0 fully saturated rings. The normalized spacial score (nSPS) is 21.2. The van der Waals surface area contributed by atoms with Crippen LogP contribution in [0.25, 0.3) is 0 Å². The highest BCUT2D eigenvalue weighted by Crippen LogP contribution is 2.19. The van der Waals surface area contributed by atoms with Crippen LogP contribution in [0.3, 0.4) is 0 Å². The first-order valence-electron chi connectivity index (χ1n) is 14.2. The molecular formula is C31H38FN5O4S. The summed E-state index contributed by atoms with van der Waals surface area (Å²) in [6.07, 6.45) is 1.80. The summed E-state index contributed by atoms with van der Waals surface area (Å²) in [5.74, 6) is -1.10. The third kappa shape index (κ3) is 9.09. The minimum absolute atomic E-state index is 0.210. The second-order valence-corrected chi connectivity index (χ2v) is 11.4. The van der Waals surface area contributed by atoms with E-state index in [9.17, 15) is 18.8 Å². The van der Waals surface area contributed by atoms with Gasteiger partial charge in [0.05, 0.1) is 17.2 Å². The minimum Gasteiger partial charge on any atom is -0.492 e. The highest BCUT2D eigenvalue weighted by atomic mass is 32.1.